The van der Waals surface area contributed by atoms with E-state index in [0.29, 0.717) is 24.0 Å². The third-order valence-corrected chi connectivity index (χ3v) is 4.75. The average Bonchev–Trinajstić information content (AvgIpc) is 2.79. The molecule has 2 aromatic carbocycles. The van der Waals surface area contributed by atoms with E-state index in [-0.39, 0.29) is 12.8 Å². The van der Waals surface area contributed by atoms with Gasteiger partial charge in [-0.05, 0) is 37.1 Å². The Labute approximate surface area is 182 Å². The van der Waals surface area contributed by atoms with Crippen molar-refractivity contribution in [1.29, 1.82) is 0 Å². The van der Waals surface area contributed by atoms with Crippen LogP contribution in [0.5, 0.6) is 0 Å². The normalized spacial score (nSPS) is 10.3. The SMILES string of the molecule is O=C(O)CCCCCCCCC(=O)N(NC(=O)c1ccccc1)C(=O)c1ccccc1. The predicted molar refractivity (Wildman–Crippen MR) is 116 cm³/mol. The molecule has 7 nitrogen and oxygen atoms in total. The Balaban J connectivity index is 1.91. The molecule has 2 N–H and O–H groups in total. The zero-order valence-corrected chi connectivity index (χ0v) is 17.5. The van der Waals surface area contributed by atoms with E-state index in [0.717, 1.165) is 30.7 Å². The van der Waals surface area contributed by atoms with Gasteiger partial charge < -0.3 is 5.11 Å². The highest BCUT2D eigenvalue weighted by atomic mass is 16.4. The lowest BCUT2D eigenvalue weighted by atomic mass is 10.1. The molecule has 0 spiro atoms. The molecular weight excluding hydrogens is 396 g/mol. The second-order valence-corrected chi connectivity index (χ2v) is 7.22. The van der Waals surface area contributed by atoms with Crippen LogP contribution in [0.2, 0.25) is 0 Å². The van der Waals surface area contributed by atoms with Crippen LogP contribution in [0.3, 0.4) is 0 Å². The summed E-state index contributed by atoms with van der Waals surface area (Å²) in [5.74, 6) is -2.37. The molecule has 0 radical (unpaired) electrons. The van der Waals surface area contributed by atoms with Crippen LogP contribution in [-0.2, 0) is 9.59 Å². The summed E-state index contributed by atoms with van der Waals surface area (Å²) in [7, 11) is 0. The molecule has 7 heteroatoms. The summed E-state index contributed by atoms with van der Waals surface area (Å²) in [4.78, 5) is 48.6. The molecule has 0 aliphatic rings. The van der Waals surface area contributed by atoms with Crippen molar-refractivity contribution in [3.05, 3.63) is 71.8 Å². The number of amides is 3. The molecule has 0 aliphatic heterocycles. The number of hydrogen-bond donors (Lipinski definition) is 2. The quantitative estimate of drug-likeness (QED) is 0.415. The molecule has 0 unspecified atom stereocenters. The molecular formula is C24H28N2O5. The lowest BCUT2D eigenvalue weighted by Gasteiger charge is -2.21. The van der Waals surface area contributed by atoms with Gasteiger partial charge in [-0.25, -0.2) is 0 Å². The van der Waals surface area contributed by atoms with Crippen LogP contribution in [0.25, 0.3) is 0 Å². The standard InChI is InChI=1S/C24H28N2O5/c27-21(17-11-3-1-2-4-12-18-22(28)29)26(24(31)20-15-9-6-10-16-20)25-23(30)19-13-7-5-8-14-19/h5-10,13-16H,1-4,11-12,17-18H2,(H,25,30)(H,28,29). The van der Waals surface area contributed by atoms with Crippen LogP contribution < -0.4 is 5.43 Å². The molecule has 0 atom stereocenters. The van der Waals surface area contributed by atoms with Crippen LogP contribution in [0.4, 0.5) is 0 Å². The van der Waals surface area contributed by atoms with Gasteiger partial charge in [-0.3, -0.25) is 24.6 Å². The smallest absolute Gasteiger partial charge is 0.303 e. The lowest BCUT2D eigenvalue weighted by molar-refractivity contribution is -0.137. The van der Waals surface area contributed by atoms with E-state index in [1.807, 2.05) is 0 Å². The molecule has 0 aliphatic carbocycles. The average molecular weight is 424 g/mol. The van der Waals surface area contributed by atoms with Crippen LogP contribution in [0.1, 0.15) is 72.1 Å². The van der Waals surface area contributed by atoms with E-state index in [4.69, 9.17) is 5.11 Å². The first-order chi connectivity index (χ1) is 15.0. The third kappa shape index (κ3) is 8.42. The van der Waals surface area contributed by atoms with E-state index < -0.39 is 23.7 Å². The zero-order chi connectivity index (χ0) is 22.5. The molecule has 0 bridgehead atoms. The number of hydrazine groups is 1. The van der Waals surface area contributed by atoms with Gasteiger partial charge >= 0.3 is 5.97 Å². The van der Waals surface area contributed by atoms with Crippen molar-refractivity contribution in [1.82, 2.24) is 10.4 Å². The fourth-order valence-corrected chi connectivity index (χ4v) is 3.06. The molecule has 0 fully saturated rings. The van der Waals surface area contributed by atoms with Crippen molar-refractivity contribution in [2.24, 2.45) is 0 Å². The Morgan fingerprint density at radius 1 is 0.677 bits per heavy atom. The van der Waals surface area contributed by atoms with Gasteiger partial charge in [-0.2, -0.15) is 5.01 Å². The van der Waals surface area contributed by atoms with E-state index in [2.05, 4.69) is 5.43 Å². The maximum Gasteiger partial charge on any atom is 0.303 e. The number of carbonyl (C=O) groups is 4. The minimum atomic E-state index is -0.786. The number of rotatable bonds is 11. The first-order valence-corrected chi connectivity index (χ1v) is 10.5. The molecule has 164 valence electrons. The Morgan fingerprint density at radius 2 is 1.16 bits per heavy atom. The zero-order valence-electron chi connectivity index (χ0n) is 17.5. The molecule has 31 heavy (non-hydrogen) atoms. The fraction of sp³-hybridized carbons (Fsp3) is 0.333. The molecule has 0 aromatic heterocycles. The summed E-state index contributed by atoms with van der Waals surface area (Å²) < 4.78 is 0. The minimum Gasteiger partial charge on any atom is -0.481 e. The summed E-state index contributed by atoms with van der Waals surface area (Å²) in [6, 6.07) is 16.7. The van der Waals surface area contributed by atoms with Gasteiger partial charge in [-0.15, -0.1) is 0 Å². The molecule has 0 saturated carbocycles. The molecule has 3 amide bonds. The highest BCUT2D eigenvalue weighted by Crippen LogP contribution is 2.11. The van der Waals surface area contributed by atoms with Crippen LogP contribution in [-0.4, -0.2) is 33.8 Å². The third-order valence-electron chi connectivity index (χ3n) is 4.75. The maximum atomic E-state index is 12.9. The number of nitrogens with zero attached hydrogens (tertiary/aromatic N) is 1. The Hall–Kier alpha value is -3.48. The number of benzene rings is 2. The maximum absolute atomic E-state index is 12.9. The number of hydrogen-bond acceptors (Lipinski definition) is 4. The summed E-state index contributed by atoms with van der Waals surface area (Å²) in [6.45, 7) is 0. The summed E-state index contributed by atoms with van der Waals surface area (Å²) in [5.41, 5.74) is 3.11. The van der Waals surface area contributed by atoms with Crippen LogP contribution >= 0.6 is 0 Å². The summed E-state index contributed by atoms with van der Waals surface area (Å²) in [5, 5.41) is 9.43. The van der Waals surface area contributed by atoms with Crippen molar-refractivity contribution in [2.45, 2.75) is 51.4 Å². The Kier molecular flexibility index (Phi) is 9.94. The number of unbranched alkanes of at least 4 members (excludes halogenated alkanes) is 5. The first kappa shape index (κ1) is 23.8. The van der Waals surface area contributed by atoms with Crippen LogP contribution in [0, 0.1) is 0 Å². The topological polar surface area (TPSA) is 104 Å². The minimum absolute atomic E-state index is 0.128. The number of nitrogens with one attached hydrogen (secondary N) is 1. The van der Waals surface area contributed by atoms with Gasteiger partial charge in [0, 0.05) is 24.0 Å². The van der Waals surface area contributed by atoms with Crippen molar-refractivity contribution in [2.75, 3.05) is 0 Å². The lowest BCUT2D eigenvalue weighted by Crippen LogP contribution is -2.49. The number of aliphatic carboxylic acids is 1. The van der Waals surface area contributed by atoms with E-state index in [1.165, 1.54) is 0 Å². The van der Waals surface area contributed by atoms with Crippen molar-refractivity contribution in [3.8, 4) is 0 Å². The van der Waals surface area contributed by atoms with Gasteiger partial charge in [0.25, 0.3) is 11.8 Å². The van der Waals surface area contributed by atoms with Crippen molar-refractivity contribution >= 4 is 23.7 Å². The molecule has 0 saturated heterocycles. The number of carbonyl (C=O) groups excluding carboxylic acids is 3. The van der Waals surface area contributed by atoms with Crippen LogP contribution in [0.15, 0.2) is 60.7 Å². The Bertz CT molecular complexity index is 868. The monoisotopic (exact) mass is 424 g/mol. The first-order valence-electron chi connectivity index (χ1n) is 10.5. The number of carboxylic acid groups (broad SMARTS) is 1. The van der Waals surface area contributed by atoms with E-state index in [1.54, 1.807) is 60.7 Å². The van der Waals surface area contributed by atoms with Gasteiger partial charge in [0.1, 0.15) is 0 Å². The largest absolute Gasteiger partial charge is 0.481 e. The highest BCUT2D eigenvalue weighted by molar-refractivity contribution is 6.07. The second kappa shape index (κ2) is 13.0. The van der Waals surface area contributed by atoms with E-state index in [9.17, 15) is 19.2 Å². The highest BCUT2D eigenvalue weighted by Gasteiger charge is 2.25. The van der Waals surface area contributed by atoms with Gasteiger partial charge in [0.05, 0.1) is 0 Å². The van der Waals surface area contributed by atoms with Gasteiger partial charge in [0.15, 0.2) is 0 Å². The summed E-state index contributed by atoms with van der Waals surface area (Å²) >= 11 is 0. The molecule has 0 heterocycles. The molecule has 2 aromatic rings. The van der Waals surface area contributed by atoms with Crippen molar-refractivity contribution < 1.29 is 24.3 Å². The second-order valence-electron chi connectivity index (χ2n) is 7.22. The van der Waals surface area contributed by atoms with Gasteiger partial charge in [-0.1, -0.05) is 62.1 Å². The number of carboxylic acids is 1. The van der Waals surface area contributed by atoms with Gasteiger partial charge in [0.2, 0.25) is 5.91 Å². The van der Waals surface area contributed by atoms with Crippen molar-refractivity contribution in [3.63, 3.8) is 0 Å². The fourth-order valence-electron chi connectivity index (χ4n) is 3.06. The number of imide groups is 1. The Morgan fingerprint density at radius 3 is 1.71 bits per heavy atom. The predicted octanol–water partition coefficient (Wildman–Crippen LogP) is 4.21. The van der Waals surface area contributed by atoms with E-state index >= 15 is 0 Å². The molecule has 2 rings (SSSR count). The summed E-state index contributed by atoms with van der Waals surface area (Å²) in [6.07, 6.45) is 4.95.